The van der Waals surface area contributed by atoms with Gasteiger partial charge >= 0.3 is 0 Å². The van der Waals surface area contributed by atoms with Crippen LogP contribution >= 0.6 is 0 Å². The Hall–Kier alpha value is -1.56. The van der Waals surface area contributed by atoms with E-state index in [1.807, 2.05) is 19.9 Å². The van der Waals surface area contributed by atoms with E-state index in [0.717, 1.165) is 29.9 Å². The summed E-state index contributed by atoms with van der Waals surface area (Å²) in [6, 6.07) is 4.70. The summed E-state index contributed by atoms with van der Waals surface area (Å²) in [6.07, 6.45) is 2.28. The van der Waals surface area contributed by atoms with Gasteiger partial charge in [-0.3, -0.25) is 4.98 Å². The number of anilines is 1. The van der Waals surface area contributed by atoms with Crippen LogP contribution in [0.4, 0.5) is 5.69 Å². The van der Waals surface area contributed by atoms with Crippen molar-refractivity contribution in [1.82, 2.24) is 4.98 Å². The van der Waals surface area contributed by atoms with Crippen molar-refractivity contribution in [3.63, 3.8) is 0 Å². The highest BCUT2D eigenvalue weighted by atomic mass is 15.1. The van der Waals surface area contributed by atoms with Crippen LogP contribution in [0.5, 0.6) is 0 Å². The number of hydrogen-bond acceptors (Lipinski definition) is 3. The van der Waals surface area contributed by atoms with Crippen LogP contribution in [-0.2, 0) is 0 Å². The lowest BCUT2D eigenvalue weighted by Gasteiger charge is -2.28. The fraction of sp³-hybridized carbons (Fsp3) is 0.571. The van der Waals surface area contributed by atoms with Gasteiger partial charge < -0.3 is 4.90 Å². The van der Waals surface area contributed by atoms with E-state index < -0.39 is 0 Å². The lowest BCUT2D eigenvalue weighted by Crippen LogP contribution is -2.29. The fourth-order valence-electron chi connectivity index (χ4n) is 2.07. The summed E-state index contributed by atoms with van der Waals surface area (Å²) >= 11 is 0. The van der Waals surface area contributed by atoms with Crippen LogP contribution in [0.15, 0.2) is 6.07 Å². The molecule has 3 nitrogen and oxygen atoms in total. The smallest absolute Gasteiger partial charge is 0.103 e. The molecule has 1 aromatic heterocycles. The molecule has 1 unspecified atom stereocenters. The number of aryl methyl sites for hydroxylation is 2. The highest BCUT2D eigenvalue weighted by molar-refractivity contribution is 5.61. The molecule has 92 valence electrons. The molecule has 0 aromatic carbocycles. The molecule has 1 heterocycles. The SMILES string of the molecule is CCCC(C)N(C)c1cc(C)nc(C)c1C#N. The van der Waals surface area contributed by atoms with Crippen molar-refractivity contribution in [3.8, 4) is 6.07 Å². The third-order valence-corrected chi connectivity index (χ3v) is 3.17. The van der Waals surface area contributed by atoms with E-state index in [-0.39, 0.29) is 0 Å². The molecule has 0 spiro atoms. The fourth-order valence-corrected chi connectivity index (χ4v) is 2.07. The summed E-state index contributed by atoms with van der Waals surface area (Å²) in [5.74, 6) is 0. The van der Waals surface area contributed by atoms with Gasteiger partial charge in [-0.2, -0.15) is 5.26 Å². The molecule has 0 saturated heterocycles. The van der Waals surface area contributed by atoms with E-state index in [0.29, 0.717) is 11.6 Å². The lowest BCUT2D eigenvalue weighted by atomic mass is 10.1. The number of hydrogen-bond donors (Lipinski definition) is 0. The van der Waals surface area contributed by atoms with E-state index in [4.69, 9.17) is 0 Å². The van der Waals surface area contributed by atoms with Gasteiger partial charge in [0, 0.05) is 18.8 Å². The molecular weight excluding hydrogens is 210 g/mol. The Morgan fingerprint density at radius 3 is 2.65 bits per heavy atom. The van der Waals surface area contributed by atoms with Gasteiger partial charge in [0.15, 0.2) is 0 Å². The minimum absolute atomic E-state index is 0.438. The van der Waals surface area contributed by atoms with Crippen LogP contribution < -0.4 is 4.90 Å². The molecule has 1 rings (SSSR count). The lowest BCUT2D eigenvalue weighted by molar-refractivity contribution is 0.615. The quantitative estimate of drug-likeness (QED) is 0.799. The number of pyridine rings is 1. The zero-order valence-electron chi connectivity index (χ0n) is 11.4. The molecule has 17 heavy (non-hydrogen) atoms. The highest BCUT2D eigenvalue weighted by Crippen LogP contribution is 2.24. The third-order valence-electron chi connectivity index (χ3n) is 3.17. The van der Waals surface area contributed by atoms with Crippen molar-refractivity contribution >= 4 is 5.69 Å². The molecule has 0 amide bonds. The number of rotatable bonds is 4. The first-order chi connectivity index (χ1) is 8.01. The van der Waals surface area contributed by atoms with E-state index in [1.165, 1.54) is 0 Å². The third kappa shape index (κ3) is 2.97. The number of nitriles is 1. The Kier molecular flexibility index (Phi) is 4.51. The minimum Gasteiger partial charge on any atom is -0.371 e. The number of aromatic nitrogens is 1. The minimum atomic E-state index is 0.438. The number of nitrogens with zero attached hydrogens (tertiary/aromatic N) is 3. The second-order valence-electron chi connectivity index (χ2n) is 4.60. The van der Waals surface area contributed by atoms with E-state index in [1.54, 1.807) is 0 Å². The molecule has 0 N–H and O–H groups in total. The summed E-state index contributed by atoms with van der Waals surface area (Å²) in [6.45, 7) is 8.23. The summed E-state index contributed by atoms with van der Waals surface area (Å²) in [5, 5.41) is 9.23. The molecule has 0 saturated carbocycles. The van der Waals surface area contributed by atoms with Crippen molar-refractivity contribution in [2.24, 2.45) is 0 Å². The molecule has 0 aliphatic heterocycles. The Labute approximate surface area is 104 Å². The molecule has 1 atom stereocenters. The van der Waals surface area contributed by atoms with Crippen molar-refractivity contribution in [1.29, 1.82) is 5.26 Å². The average Bonchev–Trinajstić information content (AvgIpc) is 2.27. The molecule has 0 bridgehead atoms. The molecule has 3 heteroatoms. The van der Waals surface area contributed by atoms with Crippen molar-refractivity contribution in [2.45, 2.75) is 46.6 Å². The first kappa shape index (κ1) is 13.5. The predicted molar refractivity (Wildman–Crippen MR) is 71.2 cm³/mol. The maximum Gasteiger partial charge on any atom is 0.103 e. The zero-order chi connectivity index (χ0) is 13.0. The molecule has 0 fully saturated rings. The van der Waals surface area contributed by atoms with Gasteiger partial charge in [0.1, 0.15) is 6.07 Å². The van der Waals surface area contributed by atoms with E-state index in [9.17, 15) is 5.26 Å². The maximum absolute atomic E-state index is 9.23. The van der Waals surface area contributed by atoms with Gasteiger partial charge in [0.25, 0.3) is 0 Å². The van der Waals surface area contributed by atoms with Gasteiger partial charge in [-0.05, 0) is 33.3 Å². The first-order valence-electron chi connectivity index (χ1n) is 6.12. The summed E-state index contributed by atoms with van der Waals surface area (Å²) in [7, 11) is 2.05. The van der Waals surface area contributed by atoms with Crippen LogP contribution in [0.25, 0.3) is 0 Å². The van der Waals surface area contributed by atoms with Crippen LogP contribution in [0.3, 0.4) is 0 Å². The van der Waals surface area contributed by atoms with Gasteiger partial charge in [-0.25, -0.2) is 0 Å². The van der Waals surface area contributed by atoms with Crippen molar-refractivity contribution < 1.29 is 0 Å². The molecular formula is C14H21N3. The Morgan fingerprint density at radius 2 is 2.12 bits per heavy atom. The first-order valence-corrected chi connectivity index (χ1v) is 6.12. The van der Waals surface area contributed by atoms with Crippen LogP contribution in [0.2, 0.25) is 0 Å². The average molecular weight is 231 g/mol. The van der Waals surface area contributed by atoms with Crippen molar-refractivity contribution in [2.75, 3.05) is 11.9 Å². The van der Waals surface area contributed by atoms with E-state index >= 15 is 0 Å². The molecule has 0 radical (unpaired) electrons. The highest BCUT2D eigenvalue weighted by Gasteiger charge is 2.15. The zero-order valence-corrected chi connectivity index (χ0v) is 11.4. The summed E-state index contributed by atoms with van der Waals surface area (Å²) < 4.78 is 0. The topological polar surface area (TPSA) is 39.9 Å². The normalized spacial score (nSPS) is 12.0. The van der Waals surface area contributed by atoms with Gasteiger partial charge in [0.2, 0.25) is 0 Å². The van der Waals surface area contributed by atoms with Crippen LogP contribution in [0.1, 0.15) is 43.6 Å². The Morgan fingerprint density at radius 1 is 1.47 bits per heavy atom. The monoisotopic (exact) mass is 231 g/mol. The summed E-state index contributed by atoms with van der Waals surface area (Å²) in [4.78, 5) is 6.53. The predicted octanol–water partition coefficient (Wildman–Crippen LogP) is 3.19. The maximum atomic E-state index is 9.23. The van der Waals surface area contributed by atoms with Gasteiger partial charge in [0.05, 0.1) is 16.9 Å². The second-order valence-corrected chi connectivity index (χ2v) is 4.60. The Balaban J connectivity index is 3.16. The molecule has 1 aromatic rings. The molecule has 0 aliphatic rings. The Bertz CT molecular complexity index is 432. The van der Waals surface area contributed by atoms with Gasteiger partial charge in [-0.1, -0.05) is 13.3 Å². The molecule has 0 aliphatic carbocycles. The summed E-state index contributed by atoms with van der Waals surface area (Å²) in [5.41, 5.74) is 3.48. The largest absolute Gasteiger partial charge is 0.371 e. The van der Waals surface area contributed by atoms with Gasteiger partial charge in [-0.15, -0.1) is 0 Å². The van der Waals surface area contributed by atoms with Crippen molar-refractivity contribution in [3.05, 3.63) is 23.0 Å². The van der Waals surface area contributed by atoms with Crippen LogP contribution in [0, 0.1) is 25.2 Å². The van der Waals surface area contributed by atoms with Crippen LogP contribution in [-0.4, -0.2) is 18.1 Å². The second kappa shape index (κ2) is 5.67. The standard InChI is InChI=1S/C14H21N3/c1-6-7-11(3)17(5)14-8-10(2)16-12(4)13(14)9-15/h8,11H,6-7H2,1-5H3. The van der Waals surface area contributed by atoms with E-state index in [2.05, 4.69) is 36.8 Å².